The zero-order valence-corrected chi connectivity index (χ0v) is 23.0. The second-order valence-corrected chi connectivity index (χ2v) is 13.3. The largest absolute Gasteiger partial charge is 0.333 e. The van der Waals surface area contributed by atoms with Crippen LogP contribution in [0.25, 0.3) is 5.57 Å². The number of thiazole rings is 1. The number of halogens is 4. The molecule has 3 aliphatic rings. The van der Waals surface area contributed by atoms with Crippen LogP contribution in [0.15, 0.2) is 52.7 Å². The van der Waals surface area contributed by atoms with E-state index in [1.165, 1.54) is 41.8 Å². The average molecular weight is 597 g/mol. The molecule has 39 heavy (non-hydrogen) atoms. The van der Waals surface area contributed by atoms with Gasteiger partial charge in [0.1, 0.15) is 11.9 Å². The number of benzene rings is 1. The molecular formula is C25H24ClF3N6O2S2. The van der Waals surface area contributed by atoms with Gasteiger partial charge in [0.15, 0.2) is 10.8 Å². The second-order valence-electron chi connectivity index (χ2n) is 10.1. The monoisotopic (exact) mass is 596 g/mol. The van der Waals surface area contributed by atoms with Crippen molar-refractivity contribution in [1.29, 1.82) is 0 Å². The van der Waals surface area contributed by atoms with Crippen molar-refractivity contribution in [3.05, 3.63) is 74.8 Å². The van der Waals surface area contributed by atoms with Crippen LogP contribution in [0.5, 0.6) is 0 Å². The van der Waals surface area contributed by atoms with E-state index < -0.39 is 39.7 Å². The molecule has 1 N–H and O–H groups in total. The summed E-state index contributed by atoms with van der Waals surface area (Å²) >= 11 is 7.84. The molecule has 2 aromatic heterocycles. The van der Waals surface area contributed by atoms with Gasteiger partial charge in [0.05, 0.1) is 10.9 Å². The molecule has 14 heteroatoms. The number of sulfonamides is 1. The lowest BCUT2D eigenvalue weighted by atomic mass is 9.87. The molecule has 4 heterocycles. The highest BCUT2D eigenvalue weighted by Gasteiger charge is 2.44. The molecule has 0 spiro atoms. The van der Waals surface area contributed by atoms with Gasteiger partial charge in [-0.1, -0.05) is 24.6 Å². The minimum atomic E-state index is -3.55. The van der Waals surface area contributed by atoms with Crippen molar-refractivity contribution < 1.29 is 21.6 Å². The predicted molar refractivity (Wildman–Crippen MR) is 143 cm³/mol. The number of hydrogen-bond donors (Lipinski definition) is 1. The lowest BCUT2D eigenvalue weighted by molar-refractivity contribution is 0.0564. The Morgan fingerprint density at radius 2 is 2.03 bits per heavy atom. The van der Waals surface area contributed by atoms with Crippen molar-refractivity contribution in [2.45, 2.75) is 50.1 Å². The fourth-order valence-corrected chi connectivity index (χ4v) is 8.33. The van der Waals surface area contributed by atoms with Gasteiger partial charge in [-0.15, -0.1) is 11.3 Å². The summed E-state index contributed by atoms with van der Waals surface area (Å²) in [7, 11) is -3.55. The van der Waals surface area contributed by atoms with E-state index in [2.05, 4.69) is 14.8 Å². The number of aliphatic imine (C=N–C) groups is 1. The zero-order valence-electron chi connectivity index (χ0n) is 20.6. The van der Waals surface area contributed by atoms with Gasteiger partial charge in [-0.25, -0.2) is 27.2 Å². The average Bonchev–Trinajstić information content (AvgIpc) is 3.61. The minimum absolute atomic E-state index is 0.122. The molecule has 6 rings (SSSR count). The Bertz CT molecular complexity index is 1570. The van der Waals surface area contributed by atoms with Crippen LogP contribution in [-0.2, 0) is 10.0 Å². The van der Waals surface area contributed by atoms with Gasteiger partial charge in [0.25, 0.3) is 0 Å². The highest BCUT2D eigenvalue weighted by atomic mass is 35.5. The topological polar surface area (TPSA) is 92.5 Å². The maximum atomic E-state index is 14.0. The first-order valence-corrected chi connectivity index (χ1v) is 15.2. The van der Waals surface area contributed by atoms with E-state index in [1.54, 1.807) is 11.6 Å². The fourth-order valence-electron chi connectivity index (χ4n) is 5.44. The number of fused-ring (bicyclic) bond motifs is 1. The minimum Gasteiger partial charge on any atom is -0.326 e. The number of nitrogens with zero attached hydrogens (tertiary/aromatic N) is 5. The van der Waals surface area contributed by atoms with Crippen molar-refractivity contribution in [3.8, 4) is 0 Å². The fraction of sp³-hybridized carbons (Fsp3) is 0.400. The third-order valence-corrected chi connectivity index (χ3v) is 10.3. The number of hydrogen-bond acceptors (Lipinski definition) is 7. The predicted octanol–water partition coefficient (Wildman–Crippen LogP) is 5.23. The Balaban J connectivity index is 1.48. The Hall–Kier alpha value is -2.74. The molecule has 0 unspecified atom stereocenters. The molecule has 2 fully saturated rings. The number of nitrogens with one attached hydrogen (secondary N) is 1. The van der Waals surface area contributed by atoms with E-state index in [0.717, 1.165) is 0 Å². The van der Waals surface area contributed by atoms with Crippen molar-refractivity contribution in [2.24, 2.45) is 10.9 Å². The Labute approximate surface area is 232 Å². The summed E-state index contributed by atoms with van der Waals surface area (Å²) in [5.74, 6) is 0.342. The number of aromatic nitrogens is 3. The lowest BCUT2D eigenvalue weighted by Crippen LogP contribution is -2.47. The molecule has 0 amide bonds. The van der Waals surface area contributed by atoms with Crippen LogP contribution in [0.3, 0.4) is 0 Å². The number of rotatable bonds is 7. The van der Waals surface area contributed by atoms with Crippen molar-refractivity contribution in [2.75, 3.05) is 6.54 Å². The highest BCUT2D eigenvalue weighted by molar-refractivity contribution is 7.90. The first kappa shape index (κ1) is 26.5. The molecule has 1 saturated carbocycles. The van der Waals surface area contributed by atoms with Crippen LogP contribution in [0.4, 0.5) is 13.2 Å². The molecule has 0 radical (unpaired) electrons. The molecule has 1 aliphatic carbocycles. The van der Waals surface area contributed by atoms with Crippen LogP contribution in [0.1, 0.15) is 55.0 Å². The zero-order chi connectivity index (χ0) is 27.5. The number of amidine groups is 1. The molecule has 2 aliphatic heterocycles. The van der Waals surface area contributed by atoms with Crippen LogP contribution < -0.4 is 4.72 Å². The third kappa shape index (κ3) is 4.90. The van der Waals surface area contributed by atoms with E-state index in [0.29, 0.717) is 51.1 Å². The van der Waals surface area contributed by atoms with Gasteiger partial charge in [0.2, 0.25) is 10.0 Å². The lowest BCUT2D eigenvalue weighted by Gasteiger charge is -2.33. The summed E-state index contributed by atoms with van der Waals surface area (Å²) in [5.41, 5.74) is 1.89. The van der Waals surface area contributed by atoms with E-state index in [-0.39, 0.29) is 23.7 Å². The van der Waals surface area contributed by atoms with E-state index >= 15 is 0 Å². The van der Waals surface area contributed by atoms with E-state index in [1.807, 2.05) is 11.8 Å². The SMILES string of the molecule is CC1CC(S(=O)(=O)N[C@H]2CC3=C(c4ccn(C(F)F)n4)[C@H](c4ccc(F)cc4Cl)N=C(c4nccs4)N3C2)C1. The molecular weight excluding hydrogens is 573 g/mol. The summed E-state index contributed by atoms with van der Waals surface area (Å²) < 4.78 is 70.5. The van der Waals surface area contributed by atoms with Crippen molar-refractivity contribution >= 4 is 44.4 Å². The van der Waals surface area contributed by atoms with Gasteiger partial charge >= 0.3 is 6.55 Å². The summed E-state index contributed by atoms with van der Waals surface area (Å²) in [4.78, 5) is 11.3. The van der Waals surface area contributed by atoms with Gasteiger partial charge in [-0.3, -0.25) is 4.99 Å². The smallest absolute Gasteiger partial charge is 0.326 e. The molecule has 0 bridgehead atoms. The molecule has 206 valence electrons. The summed E-state index contributed by atoms with van der Waals surface area (Å²) in [6.45, 7) is -0.549. The first-order valence-electron chi connectivity index (χ1n) is 12.4. The normalized spacial score (nSPS) is 25.2. The molecule has 1 saturated heterocycles. The van der Waals surface area contributed by atoms with Gasteiger partial charge < -0.3 is 4.90 Å². The van der Waals surface area contributed by atoms with Crippen LogP contribution >= 0.6 is 22.9 Å². The third-order valence-electron chi connectivity index (χ3n) is 7.33. The van der Waals surface area contributed by atoms with E-state index in [4.69, 9.17) is 16.6 Å². The van der Waals surface area contributed by atoms with Gasteiger partial charge in [-0.05, 0) is 37.0 Å². The summed E-state index contributed by atoms with van der Waals surface area (Å²) in [6.07, 6.45) is 4.31. The van der Waals surface area contributed by atoms with Gasteiger partial charge in [-0.2, -0.15) is 13.9 Å². The molecule has 2 atom stereocenters. The standard InChI is InChI=1S/C25H24ClF3N6O2S2/c1-13-8-16(9-13)39(36,37)33-15-11-20-21(19-4-6-35(32-19)25(28)29)22(17-3-2-14(27)10-18(17)26)31-23(34(20)12-15)24-30-5-7-38-24/h2-7,10,13,15-16,22,25,33H,8-9,11-12H2,1H3/t13?,15-,16?,22-/m0/s1. The van der Waals surface area contributed by atoms with Gasteiger partial charge in [0, 0.05) is 58.6 Å². The number of alkyl halides is 2. The molecule has 1 aromatic carbocycles. The van der Waals surface area contributed by atoms with Crippen molar-refractivity contribution in [3.63, 3.8) is 0 Å². The van der Waals surface area contributed by atoms with E-state index in [9.17, 15) is 21.6 Å². The Kier molecular flexibility index (Phi) is 6.81. The Morgan fingerprint density at radius 1 is 1.23 bits per heavy atom. The molecule has 8 nitrogen and oxygen atoms in total. The molecule has 3 aromatic rings. The maximum absolute atomic E-state index is 14.0. The van der Waals surface area contributed by atoms with Crippen molar-refractivity contribution in [1.82, 2.24) is 24.4 Å². The summed E-state index contributed by atoms with van der Waals surface area (Å²) in [5, 5.41) is 6.20. The second kappa shape index (κ2) is 10.0. The maximum Gasteiger partial charge on any atom is 0.333 e. The quantitative estimate of drug-likeness (QED) is 0.403. The van der Waals surface area contributed by atoms with Crippen LogP contribution in [0.2, 0.25) is 5.02 Å². The summed E-state index contributed by atoms with van der Waals surface area (Å²) in [6, 6.07) is 4.12. The van der Waals surface area contributed by atoms with Crippen LogP contribution in [0, 0.1) is 11.7 Å². The first-order chi connectivity index (χ1) is 18.6. The highest BCUT2D eigenvalue weighted by Crippen LogP contribution is 2.46. The van der Waals surface area contributed by atoms with Crippen LogP contribution in [-0.4, -0.2) is 51.8 Å². The Morgan fingerprint density at radius 3 is 2.67 bits per heavy atom.